The molecule has 2 heterocycles. The summed E-state index contributed by atoms with van der Waals surface area (Å²) in [6.45, 7) is 0.368. The highest BCUT2D eigenvalue weighted by atomic mass is 32.2. The molecule has 2 rings (SSSR count). The van der Waals surface area contributed by atoms with Crippen molar-refractivity contribution in [3.63, 3.8) is 0 Å². The van der Waals surface area contributed by atoms with E-state index in [1.807, 2.05) is 18.2 Å². The minimum atomic E-state index is -0.954. The molecule has 1 aromatic heterocycles. The van der Waals surface area contributed by atoms with Gasteiger partial charge in [-0.15, -0.1) is 11.8 Å². The van der Waals surface area contributed by atoms with Gasteiger partial charge in [0.1, 0.15) is 6.04 Å². The fourth-order valence-electron chi connectivity index (χ4n) is 1.86. The SMILES string of the molecule is CN(Cc1ccccn1)C(=O)N1CSCC1C(=O)O. The number of nitrogens with zero attached hydrogens (tertiary/aromatic N) is 3. The molecule has 1 saturated heterocycles. The van der Waals surface area contributed by atoms with Gasteiger partial charge in [0.05, 0.1) is 18.1 Å². The van der Waals surface area contributed by atoms with E-state index in [9.17, 15) is 9.59 Å². The number of pyridine rings is 1. The molecule has 0 aromatic carbocycles. The number of carbonyl (C=O) groups excluding carboxylic acids is 1. The standard InChI is InChI=1S/C12H15N3O3S/c1-14(6-9-4-2-3-5-13-9)12(18)15-8-19-7-10(15)11(16)17/h2-5,10H,6-8H2,1H3,(H,16,17). The van der Waals surface area contributed by atoms with Crippen LogP contribution in [-0.2, 0) is 11.3 Å². The second-order valence-corrected chi connectivity index (χ2v) is 5.28. The summed E-state index contributed by atoms with van der Waals surface area (Å²) in [5, 5.41) is 9.07. The second-order valence-electron chi connectivity index (χ2n) is 4.28. The third-order valence-corrected chi connectivity index (χ3v) is 3.88. The predicted molar refractivity (Wildman–Crippen MR) is 71.7 cm³/mol. The van der Waals surface area contributed by atoms with Crippen LogP contribution in [0, 0.1) is 0 Å². The van der Waals surface area contributed by atoms with Crippen LogP contribution in [0.2, 0.25) is 0 Å². The van der Waals surface area contributed by atoms with Gasteiger partial charge in [0, 0.05) is 19.0 Å². The predicted octanol–water partition coefficient (Wildman–Crippen LogP) is 1.09. The van der Waals surface area contributed by atoms with Gasteiger partial charge in [-0.1, -0.05) is 6.07 Å². The van der Waals surface area contributed by atoms with E-state index in [1.54, 1.807) is 13.2 Å². The lowest BCUT2D eigenvalue weighted by molar-refractivity contribution is -0.140. The van der Waals surface area contributed by atoms with Gasteiger partial charge in [0.2, 0.25) is 0 Å². The summed E-state index contributed by atoms with van der Waals surface area (Å²) in [6, 6.07) is 4.48. The lowest BCUT2D eigenvalue weighted by Crippen LogP contribution is -2.47. The van der Waals surface area contributed by atoms with E-state index >= 15 is 0 Å². The van der Waals surface area contributed by atoms with Crippen molar-refractivity contribution in [2.75, 3.05) is 18.7 Å². The van der Waals surface area contributed by atoms with Crippen molar-refractivity contribution < 1.29 is 14.7 Å². The minimum absolute atomic E-state index is 0.275. The summed E-state index contributed by atoms with van der Waals surface area (Å²) >= 11 is 1.45. The highest BCUT2D eigenvalue weighted by Crippen LogP contribution is 2.22. The van der Waals surface area contributed by atoms with Crippen LogP contribution >= 0.6 is 11.8 Å². The lowest BCUT2D eigenvalue weighted by atomic mass is 10.3. The molecule has 0 aliphatic carbocycles. The van der Waals surface area contributed by atoms with Gasteiger partial charge in [-0.2, -0.15) is 0 Å². The highest BCUT2D eigenvalue weighted by molar-refractivity contribution is 7.99. The average molecular weight is 281 g/mol. The smallest absolute Gasteiger partial charge is 0.327 e. The molecular formula is C12H15N3O3S. The molecule has 1 fully saturated rings. The number of thioether (sulfide) groups is 1. The lowest BCUT2D eigenvalue weighted by Gasteiger charge is -2.26. The zero-order valence-corrected chi connectivity index (χ0v) is 11.3. The number of rotatable bonds is 3. The number of aromatic nitrogens is 1. The number of carboxylic acid groups (broad SMARTS) is 1. The molecule has 1 N–H and O–H groups in total. The molecule has 1 unspecified atom stereocenters. The Kier molecular flexibility index (Phi) is 4.26. The van der Waals surface area contributed by atoms with Crippen molar-refractivity contribution in [1.82, 2.24) is 14.8 Å². The average Bonchev–Trinajstić information content (AvgIpc) is 2.88. The van der Waals surface area contributed by atoms with E-state index in [0.717, 1.165) is 5.69 Å². The molecule has 1 aliphatic rings. The molecule has 102 valence electrons. The van der Waals surface area contributed by atoms with Gasteiger partial charge < -0.3 is 14.9 Å². The minimum Gasteiger partial charge on any atom is -0.480 e. The maximum atomic E-state index is 12.2. The van der Waals surface area contributed by atoms with E-state index in [1.165, 1.54) is 21.6 Å². The van der Waals surface area contributed by atoms with Gasteiger partial charge in [0.15, 0.2) is 0 Å². The maximum Gasteiger partial charge on any atom is 0.327 e. The van der Waals surface area contributed by atoms with Gasteiger partial charge in [-0.25, -0.2) is 9.59 Å². The molecule has 1 aromatic rings. The molecular weight excluding hydrogens is 266 g/mol. The van der Waals surface area contributed by atoms with E-state index in [4.69, 9.17) is 5.11 Å². The van der Waals surface area contributed by atoms with Crippen molar-refractivity contribution >= 4 is 23.8 Å². The van der Waals surface area contributed by atoms with Crippen LogP contribution in [0.4, 0.5) is 4.79 Å². The monoisotopic (exact) mass is 281 g/mol. The van der Waals surface area contributed by atoms with Gasteiger partial charge in [-0.05, 0) is 12.1 Å². The molecule has 0 bridgehead atoms. The zero-order chi connectivity index (χ0) is 13.8. The highest BCUT2D eigenvalue weighted by Gasteiger charge is 2.35. The number of aliphatic carboxylic acids is 1. The van der Waals surface area contributed by atoms with E-state index in [0.29, 0.717) is 18.2 Å². The largest absolute Gasteiger partial charge is 0.480 e. The van der Waals surface area contributed by atoms with Crippen LogP contribution in [0.3, 0.4) is 0 Å². The Morgan fingerprint density at radius 2 is 2.37 bits per heavy atom. The molecule has 0 radical (unpaired) electrons. The molecule has 19 heavy (non-hydrogen) atoms. The van der Waals surface area contributed by atoms with Gasteiger partial charge in [-0.3, -0.25) is 4.98 Å². The first kappa shape index (κ1) is 13.7. The van der Waals surface area contributed by atoms with Crippen molar-refractivity contribution in [3.05, 3.63) is 30.1 Å². The Hall–Kier alpha value is -1.76. The first-order valence-corrected chi connectivity index (χ1v) is 6.97. The number of hydrogen-bond acceptors (Lipinski definition) is 4. The van der Waals surface area contributed by atoms with Crippen LogP contribution in [-0.4, -0.2) is 56.6 Å². The van der Waals surface area contributed by atoms with Crippen molar-refractivity contribution in [1.29, 1.82) is 0 Å². The van der Waals surface area contributed by atoms with Gasteiger partial charge in [0.25, 0.3) is 0 Å². The van der Waals surface area contributed by atoms with Crippen molar-refractivity contribution in [2.45, 2.75) is 12.6 Å². The Bertz CT molecular complexity index is 469. The van der Waals surface area contributed by atoms with Crippen LogP contribution in [0.5, 0.6) is 0 Å². The van der Waals surface area contributed by atoms with E-state index < -0.39 is 12.0 Å². The molecule has 0 saturated carbocycles. The van der Waals surface area contributed by atoms with E-state index in [2.05, 4.69) is 4.98 Å². The summed E-state index contributed by atoms with van der Waals surface area (Å²) in [4.78, 5) is 30.3. The summed E-state index contributed by atoms with van der Waals surface area (Å²) in [5.74, 6) is -0.0921. The number of carbonyl (C=O) groups is 2. The normalized spacial score (nSPS) is 18.4. The van der Waals surface area contributed by atoms with Gasteiger partial charge >= 0.3 is 12.0 Å². The fraction of sp³-hybridized carbons (Fsp3) is 0.417. The molecule has 2 amide bonds. The number of carboxylic acids is 1. The van der Waals surface area contributed by atoms with Crippen LogP contribution in [0.25, 0.3) is 0 Å². The summed E-state index contributed by atoms with van der Waals surface area (Å²) in [6.07, 6.45) is 1.67. The first-order chi connectivity index (χ1) is 9.09. The Labute approximate surface area is 115 Å². The Morgan fingerprint density at radius 3 is 3.00 bits per heavy atom. The third-order valence-electron chi connectivity index (χ3n) is 2.86. The number of hydrogen-bond donors (Lipinski definition) is 1. The Morgan fingerprint density at radius 1 is 1.58 bits per heavy atom. The summed E-state index contributed by atoms with van der Waals surface area (Å²) in [7, 11) is 1.65. The molecule has 0 spiro atoms. The topological polar surface area (TPSA) is 73.7 Å². The zero-order valence-electron chi connectivity index (χ0n) is 10.5. The summed E-state index contributed by atoms with van der Waals surface area (Å²) < 4.78 is 0. The van der Waals surface area contributed by atoms with Crippen molar-refractivity contribution in [2.24, 2.45) is 0 Å². The van der Waals surface area contributed by atoms with Crippen molar-refractivity contribution in [3.8, 4) is 0 Å². The van der Waals surface area contributed by atoms with Crippen LogP contribution in [0.15, 0.2) is 24.4 Å². The second kappa shape index (κ2) is 5.92. The van der Waals surface area contributed by atoms with E-state index in [-0.39, 0.29) is 6.03 Å². The summed E-state index contributed by atoms with van der Waals surface area (Å²) in [5.41, 5.74) is 0.775. The third kappa shape index (κ3) is 3.17. The van der Waals surface area contributed by atoms with Crippen LogP contribution < -0.4 is 0 Å². The Balaban J connectivity index is 2.01. The number of amides is 2. The first-order valence-electron chi connectivity index (χ1n) is 5.82. The molecule has 1 aliphatic heterocycles. The maximum absolute atomic E-state index is 12.2. The number of urea groups is 1. The molecule has 6 nitrogen and oxygen atoms in total. The van der Waals surface area contributed by atoms with Crippen LogP contribution in [0.1, 0.15) is 5.69 Å². The molecule has 7 heteroatoms. The molecule has 1 atom stereocenters. The quantitative estimate of drug-likeness (QED) is 0.898. The fourth-order valence-corrected chi connectivity index (χ4v) is 3.00.